The molecule has 0 radical (unpaired) electrons. The van der Waals surface area contributed by atoms with Gasteiger partial charge in [0.05, 0.1) is 12.5 Å². The third kappa shape index (κ3) is 7.86. The van der Waals surface area contributed by atoms with Gasteiger partial charge in [0.1, 0.15) is 0 Å². The number of hydrogen-bond donors (Lipinski definition) is 3. The van der Waals surface area contributed by atoms with Gasteiger partial charge in [0.15, 0.2) is 5.96 Å². The Morgan fingerprint density at radius 2 is 1.46 bits per heavy atom. The Morgan fingerprint density at radius 3 is 2.23 bits per heavy atom. The van der Waals surface area contributed by atoms with Crippen LogP contribution in [0, 0.1) is 5.41 Å². The van der Waals surface area contributed by atoms with Gasteiger partial charge in [0.25, 0.3) is 5.91 Å². The lowest BCUT2D eigenvalue weighted by Crippen LogP contribution is -2.62. The number of halogens is 1. The Balaban J connectivity index is 1.32. The molecule has 0 aliphatic carbocycles. The third-order valence-corrected chi connectivity index (χ3v) is 9.36. The van der Waals surface area contributed by atoms with Crippen LogP contribution in [0.3, 0.4) is 0 Å². The van der Waals surface area contributed by atoms with Crippen LogP contribution in [0.2, 0.25) is 5.02 Å². The molecule has 6 rings (SSSR count). The summed E-state index contributed by atoms with van der Waals surface area (Å²) >= 11 is 6.19. The minimum absolute atomic E-state index is 0.0479. The van der Waals surface area contributed by atoms with Crippen molar-refractivity contribution in [2.24, 2.45) is 5.73 Å². The van der Waals surface area contributed by atoms with Crippen LogP contribution >= 0.6 is 11.6 Å². The first kappa shape index (κ1) is 32.8. The summed E-state index contributed by atoms with van der Waals surface area (Å²) in [6.07, 6.45) is 2.24. The zero-order chi connectivity index (χ0) is 33.5. The monoisotopic (exact) mass is 657 g/mol. The second-order valence-corrected chi connectivity index (χ2v) is 12.8. The fourth-order valence-electron chi connectivity index (χ4n) is 6.70. The Hall–Kier alpha value is -5.14. The summed E-state index contributed by atoms with van der Waals surface area (Å²) < 4.78 is 0. The molecule has 1 aliphatic rings. The quantitative estimate of drug-likeness (QED) is 0.0861. The van der Waals surface area contributed by atoms with E-state index >= 15 is 0 Å². The van der Waals surface area contributed by atoms with Gasteiger partial charge in [0.2, 0.25) is 5.91 Å². The van der Waals surface area contributed by atoms with Crippen molar-refractivity contribution in [3.63, 3.8) is 0 Å². The third-order valence-electron chi connectivity index (χ3n) is 9.10. The molecule has 1 saturated heterocycles. The number of benzene rings is 5. The summed E-state index contributed by atoms with van der Waals surface area (Å²) in [5, 5.41) is 13.3. The average Bonchev–Trinajstić information content (AvgIpc) is 3.10. The summed E-state index contributed by atoms with van der Waals surface area (Å²) in [4.78, 5) is 32.8. The summed E-state index contributed by atoms with van der Waals surface area (Å²) in [5.41, 5.74) is 10.00. The van der Waals surface area contributed by atoms with Crippen LogP contribution in [0.4, 0.5) is 0 Å². The van der Waals surface area contributed by atoms with Crippen molar-refractivity contribution in [2.75, 3.05) is 19.6 Å². The Labute approximate surface area is 286 Å². The topological polar surface area (TPSA) is 103 Å². The lowest BCUT2D eigenvalue weighted by Gasteiger charge is -2.47. The van der Waals surface area contributed by atoms with Gasteiger partial charge in [-0.05, 0) is 70.5 Å². The van der Waals surface area contributed by atoms with E-state index in [1.807, 2.05) is 94.7 Å². The van der Waals surface area contributed by atoms with E-state index in [1.165, 1.54) is 0 Å². The first-order chi connectivity index (χ1) is 23.4. The van der Waals surface area contributed by atoms with Crippen LogP contribution in [-0.4, -0.2) is 59.3 Å². The molecule has 5 aromatic rings. The van der Waals surface area contributed by atoms with Gasteiger partial charge in [-0.15, -0.1) is 0 Å². The summed E-state index contributed by atoms with van der Waals surface area (Å²) in [7, 11) is 0. The SMILES string of the molecule is N=C(N)NCCC[C@H]1CN(C(=O)Cc2ccc3ccccc3c2)[C@H](Cc2ccccc2)CN1C(=O)c1ccccc1-c1ccc(Cl)cc1. The lowest BCUT2D eigenvalue weighted by molar-refractivity contribution is -0.136. The number of amides is 2. The highest BCUT2D eigenvalue weighted by atomic mass is 35.5. The van der Waals surface area contributed by atoms with Crippen molar-refractivity contribution in [3.8, 4) is 11.1 Å². The number of carbonyl (C=O) groups excluding carboxylic acids is 2. The predicted octanol–water partition coefficient (Wildman–Crippen LogP) is 6.93. The molecule has 8 heteroatoms. The molecule has 0 bridgehead atoms. The molecule has 2 amide bonds. The first-order valence-electron chi connectivity index (χ1n) is 16.4. The molecule has 0 aromatic heterocycles. The molecule has 7 nitrogen and oxygen atoms in total. The highest BCUT2D eigenvalue weighted by Gasteiger charge is 2.39. The molecule has 2 atom stereocenters. The van der Waals surface area contributed by atoms with Gasteiger partial charge < -0.3 is 20.9 Å². The molecular weight excluding hydrogens is 618 g/mol. The number of guanidine groups is 1. The number of carbonyl (C=O) groups is 2. The van der Waals surface area contributed by atoms with E-state index in [1.54, 1.807) is 0 Å². The molecule has 0 saturated carbocycles. The van der Waals surface area contributed by atoms with Gasteiger partial charge in [-0.2, -0.15) is 0 Å². The fraction of sp³-hybridized carbons (Fsp3) is 0.225. The van der Waals surface area contributed by atoms with Crippen LogP contribution in [0.1, 0.15) is 34.3 Å². The Kier molecular flexibility index (Phi) is 10.4. The average molecular weight is 658 g/mol. The maximum atomic E-state index is 14.6. The predicted molar refractivity (Wildman–Crippen MR) is 194 cm³/mol. The molecule has 0 spiro atoms. The molecule has 0 unspecified atom stereocenters. The van der Waals surface area contributed by atoms with Crippen molar-refractivity contribution in [3.05, 3.63) is 143 Å². The van der Waals surface area contributed by atoms with Crippen molar-refractivity contribution in [1.82, 2.24) is 15.1 Å². The van der Waals surface area contributed by atoms with E-state index in [4.69, 9.17) is 22.7 Å². The second kappa shape index (κ2) is 15.2. The van der Waals surface area contributed by atoms with Gasteiger partial charge >= 0.3 is 0 Å². The fourth-order valence-corrected chi connectivity index (χ4v) is 6.83. The van der Waals surface area contributed by atoms with Crippen molar-refractivity contribution < 1.29 is 9.59 Å². The highest BCUT2D eigenvalue weighted by Crippen LogP contribution is 2.30. The van der Waals surface area contributed by atoms with Crippen molar-refractivity contribution in [1.29, 1.82) is 5.41 Å². The summed E-state index contributed by atoms with van der Waals surface area (Å²) in [5.74, 6) is -0.102. The maximum Gasteiger partial charge on any atom is 0.254 e. The number of nitrogens with two attached hydrogens (primary N) is 1. The van der Waals surface area contributed by atoms with E-state index < -0.39 is 0 Å². The minimum atomic E-state index is -0.225. The second-order valence-electron chi connectivity index (χ2n) is 12.4. The number of rotatable bonds is 10. The normalized spacial score (nSPS) is 16.1. The minimum Gasteiger partial charge on any atom is -0.370 e. The summed E-state index contributed by atoms with van der Waals surface area (Å²) in [6, 6.07) is 39.3. The first-order valence-corrected chi connectivity index (χ1v) is 16.8. The van der Waals surface area contributed by atoms with E-state index in [0.29, 0.717) is 49.5 Å². The largest absolute Gasteiger partial charge is 0.370 e. The number of nitrogens with one attached hydrogen (secondary N) is 2. The van der Waals surface area contributed by atoms with Crippen molar-refractivity contribution >= 4 is 40.1 Å². The number of hydrogen-bond acceptors (Lipinski definition) is 3. The van der Waals surface area contributed by atoms with Crippen molar-refractivity contribution in [2.45, 2.75) is 37.8 Å². The molecule has 4 N–H and O–H groups in total. The van der Waals surface area contributed by atoms with Gasteiger partial charge in [-0.25, -0.2) is 0 Å². The molecule has 5 aromatic carbocycles. The Bertz CT molecular complexity index is 1900. The Morgan fingerprint density at radius 1 is 0.771 bits per heavy atom. The number of nitrogens with zero attached hydrogens (tertiary/aromatic N) is 2. The van der Waals surface area contributed by atoms with Gasteiger partial charge in [0, 0.05) is 36.3 Å². The zero-order valence-electron chi connectivity index (χ0n) is 26.8. The molecule has 244 valence electrons. The highest BCUT2D eigenvalue weighted by molar-refractivity contribution is 6.30. The van der Waals surface area contributed by atoms with E-state index in [0.717, 1.165) is 33.0 Å². The summed E-state index contributed by atoms with van der Waals surface area (Å²) in [6.45, 7) is 1.32. The van der Waals surface area contributed by atoms with Gasteiger partial charge in [-0.1, -0.05) is 115 Å². The van der Waals surface area contributed by atoms with Crippen LogP contribution in [0.5, 0.6) is 0 Å². The maximum absolute atomic E-state index is 14.6. The van der Waals surface area contributed by atoms with E-state index in [-0.39, 0.29) is 36.3 Å². The molecule has 48 heavy (non-hydrogen) atoms. The standard InChI is InChI=1S/C40H40ClN5O2/c41-33-20-18-31(19-21-33)36-14-6-7-15-37(36)39(48)46-27-35(24-28-9-2-1-3-10-28)45(26-34(46)13-8-22-44-40(42)43)38(47)25-29-16-17-30-11-4-5-12-32(30)23-29/h1-7,9-12,14-21,23,34-35H,8,13,22,24-27H2,(H4,42,43,44)/t34-,35+/m0/s1. The molecular formula is C40H40ClN5O2. The van der Waals surface area contributed by atoms with E-state index in [2.05, 4.69) is 41.7 Å². The number of piperazine rings is 1. The van der Waals surface area contributed by atoms with Crippen LogP contribution in [0.25, 0.3) is 21.9 Å². The van der Waals surface area contributed by atoms with Gasteiger partial charge in [-0.3, -0.25) is 15.0 Å². The molecule has 1 aliphatic heterocycles. The van der Waals surface area contributed by atoms with E-state index in [9.17, 15) is 9.59 Å². The van der Waals surface area contributed by atoms with Crippen LogP contribution < -0.4 is 11.1 Å². The molecule has 1 heterocycles. The number of fused-ring (bicyclic) bond motifs is 1. The lowest BCUT2D eigenvalue weighted by atomic mass is 9.93. The molecule has 1 fully saturated rings. The van der Waals surface area contributed by atoms with Crippen LogP contribution in [0.15, 0.2) is 121 Å². The van der Waals surface area contributed by atoms with Crippen LogP contribution in [-0.2, 0) is 17.6 Å². The smallest absolute Gasteiger partial charge is 0.254 e. The zero-order valence-corrected chi connectivity index (χ0v) is 27.6.